The van der Waals surface area contributed by atoms with Crippen molar-refractivity contribution in [3.8, 4) is 11.4 Å². The van der Waals surface area contributed by atoms with Gasteiger partial charge in [-0.05, 0) is 35.2 Å². The van der Waals surface area contributed by atoms with Crippen LogP contribution in [-0.2, 0) is 15.4 Å². The molecule has 0 bridgehead atoms. The van der Waals surface area contributed by atoms with Crippen LogP contribution in [0.25, 0.3) is 17.8 Å². The first-order valence-corrected chi connectivity index (χ1v) is 12.1. The summed E-state index contributed by atoms with van der Waals surface area (Å²) in [6, 6.07) is 11.9. The van der Waals surface area contributed by atoms with E-state index in [1.54, 1.807) is 31.4 Å². The minimum atomic E-state index is -3.34. The Morgan fingerprint density at radius 1 is 1.06 bits per heavy atom. The van der Waals surface area contributed by atoms with Crippen molar-refractivity contribution in [3.63, 3.8) is 0 Å². The Morgan fingerprint density at radius 2 is 1.71 bits per heavy atom. The Bertz CT molecular complexity index is 1420. The number of aromatic amines is 1. The maximum absolute atomic E-state index is 12.4. The van der Waals surface area contributed by atoms with E-state index in [4.69, 9.17) is 4.74 Å². The molecular weight excluding hydrogens is 481 g/mol. The van der Waals surface area contributed by atoms with Crippen molar-refractivity contribution in [2.75, 3.05) is 18.1 Å². The Hall–Kier alpha value is -1.95. The van der Waals surface area contributed by atoms with Crippen LogP contribution in [0.2, 0.25) is 0 Å². The second kappa shape index (κ2) is 11.2. The molecule has 0 aliphatic rings. The topological polar surface area (TPSA) is 110 Å². The van der Waals surface area contributed by atoms with Crippen LogP contribution in [0, 0.1) is 0 Å². The van der Waals surface area contributed by atoms with Crippen molar-refractivity contribution in [2.24, 2.45) is 0 Å². The first-order valence-electron chi connectivity index (χ1n) is 10.2. The van der Waals surface area contributed by atoms with E-state index in [1.807, 2.05) is 45.1 Å². The first-order chi connectivity index (χ1) is 15.4. The summed E-state index contributed by atoms with van der Waals surface area (Å²) in [5.74, 6) is 0.676. The van der Waals surface area contributed by atoms with Crippen LogP contribution in [0.5, 0.6) is 5.75 Å². The first kappa shape index (κ1) is 28.3. The number of methoxy groups -OCH3 is 1. The van der Waals surface area contributed by atoms with Gasteiger partial charge >= 0.3 is 57.1 Å². The summed E-state index contributed by atoms with van der Waals surface area (Å²) in [5.41, 5.74) is 2.28. The van der Waals surface area contributed by atoms with Gasteiger partial charge in [0.15, 0.2) is 0 Å². The normalized spacial score (nSPS) is 11.8. The predicted octanol–water partition coefficient (Wildman–Crippen LogP) is 0.490. The van der Waals surface area contributed by atoms with Crippen LogP contribution in [0.15, 0.2) is 58.3 Å². The number of nitrogens with zero attached hydrogens (tertiary/aromatic N) is 1. The average Bonchev–Trinajstić information content (AvgIpc) is 2.71. The fourth-order valence-corrected chi connectivity index (χ4v) is 3.93. The summed E-state index contributed by atoms with van der Waals surface area (Å²) < 4.78 is 32.3. The third kappa shape index (κ3) is 7.27. The largest absolute Gasteiger partial charge is 1.00 e. The second-order valence-electron chi connectivity index (χ2n) is 8.68. The maximum atomic E-state index is 12.4. The molecule has 2 aromatic carbocycles. The van der Waals surface area contributed by atoms with Gasteiger partial charge in [0.2, 0.25) is 10.0 Å². The average molecular weight is 510 g/mol. The van der Waals surface area contributed by atoms with Crippen LogP contribution in [-0.4, -0.2) is 31.3 Å². The molecule has 0 saturated carbocycles. The Kier molecular flexibility index (Phi) is 9.31. The molecule has 0 fully saturated rings. The van der Waals surface area contributed by atoms with Gasteiger partial charge in [-0.15, -0.1) is 0 Å². The molecule has 3 rings (SSSR count). The van der Waals surface area contributed by atoms with E-state index in [2.05, 4.69) is 9.71 Å². The van der Waals surface area contributed by atoms with E-state index >= 15 is 0 Å². The van der Waals surface area contributed by atoms with Gasteiger partial charge in [-0.2, -0.15) is 0 Å². The molecule has 1 heterocycles. The van der Waals surface area contributed by atoms with Crippen LogP contribution < -0.4 is 72.1 Å². The van der Waals surface area contributed by atoms with Crippen molar-refractivity contribution < 1.29 is 66.0 Å². The van der Waals surface area contributed by atoms with Crippen LogP contribution in [0.4, 0.5) is 5.69 Å². The summed E-state index contributed by atoms with van der Waals surface area (Å²) in [5, 5.41) is 0. The number of rotatable bonds is 6. The van der Waals surface area contributed by atoms with E-state index in [0.29, 0.717) is 17.1 Å². The van der Waals surface area contributed by atoms with E-state index < -0.39 is 21.3 Å². The standard InChI is InChI=1S/C24H27N3O5S.K.H/c1-24(2,3)20-15-19(27-13-12-21(28)25-23(27)29)14-17(22(20)32-4)9-6-16-7-10-18(11-8-16)26-33(5,30)31;;/h6-15,26H,1-5H3,(H,25,28,29);;/q;+1;-1/b9-6+;;. The van der Waals surface area contributed by atoms with E-state index in [1.165, 1.54) is 16.8 Å². The molecule has 176 valence electrons. The molecule has 3 aromatic rings. The van der Waals surface area contributed by atoms with Crippen molar-refractivity contribution in [3.05, 3.63) is 86.2 Å². The molecule has 34 heavy (non-hydrogen) atoms. The SMILES string of the molecule is COc1c(/C=C/c2ccc(NS(C)(=O)=O)cc2)cc(-n2ccc(=O)[nH]c2=O)cc1C(C)(C)C.[H-].[K+]. The van der Waals surface area contributed by atoms with E-state index in [-0.39, 0.29) is 58.2 Å². The van der Waals surface area contributed by atoms with Gasteiger partial charge in [0.1, 0.15) is 5.75 Å². The number of hydrogen-bond acceptors (Lipinski definition) is 5. The summed E-state index contributed by atoms with van der Waals surface area (Å²) >= 11 is 0. The molecule has 2 N–H and O–H groups in total. The zero-order valence-electron chi connectivity index (χ0n) is 21.2. The zero-order valence-corrected chi connectivity index (χ0v) is 24.1. The minimum Gasteiger partial charge on any atom is -1.00 e. The number of H-pyrrole nitrogens is 1. The number of benzene rings is 2. The molecule has 0 saturated heterocycles. The van der Waals surface area contributed by atoms with Crippen molar-refractivity contribution in [1.82, 2.24) is 9.55 Å². The van der Waals surface area contributed by atoms with Crippen molar-refractivity contribution in [1.29, 1.82) is 0 Å². The number of nitrogens with one attached hydrogen (secondary N) is 2. The summed E-state index contributed by atoms with van der Waals surface area (Å²) in [6.07, 6.45) is 6.28. The molecule has 8 nitrogen and oxygen atoms in total. The molecule has 0 spiro atoms. The van der Waals surface area contributed by atoms with Crippen LogP contribution in [0.3, 0.4) is 0 Å². The molecular formula is C24H28KN3O5S. The van der Waals surface area contributed by atoms with Crippen LogP contribution >= 0.6 is 0 Å². The third-order valence-corrected chi connectivity index (χ3v) is 5.49. The fourth-order valence-electron chi connectivity index (χ4n) is 3.37. The van der Waals surface area contributed by atoms with Gasteiger partial charge in [0.05, 0.1) is 19.1 Å². The van der Waals surface area contributed by atoms with Gasteiger partial charge in [0.25, 0.3) is 5.56 Å². The van der Waals surface area contributed by atoms with E-state index in [9.17, 15) is 18.0 Å². The van der Waals surface area contributed by atoms with Gasteiger partial charge < -0.3 is 6.16 Å². The van der Waals surface area contributed by atoms with E-state index in [0.717, 1.165) is 22.9 Å². The van der Waals surface area contributed by atoms with Gasteiger partial charge in [-0.3, -0.25) is 19.1 Å². The predicted molar refractivity (Wildman–Crippen MR) is 133 cm³/mol. The van der Waals surface area contributed by atoms with Gasteiger partial charge in [-0.25, -0.2) is 13.2 Å². The molecule has 0 radical (unpaired) electrons. The third-order valence-electron chi connectivity index (χ3n) is 4.89. The monoisotopic (exact) mass is 509 g/mol. The number of sulfonamides is 1. The number of anilines is 1. The summed E-state index contributed by atoms with van der Waals surface area (Å²) in [4.78, 5) is 26.2. The Balaban J connectivity index is 0.00000306. The minimum absolute atomic E-state index is 0. The zero-order chi connectivity index (χ0) is 24.4. The Labute approximate surface area is 243 Å². The van der Waals surface area contributed by atoms with Crippen LogP contribution in [0.1, 0.15) is 38.9 Å². The number of hydrogen-bond donors (Lipinski definition) is 2. The molecule has 0 aliphatic carbocycles. The fraction of sp³-hybridized carbons (Fsp3) is 0.250. The summed E-state index contributed by atoms with van der Waals surface area (Å²) in [6.45, 7) is 6.14. The summed E-state index contributed by atoms with van der Waals surface area (Å²) in [7, 11) is -1.75. The molecule has 0 atom stereocenters. The van der Waals surface area contributed by atoms with Crippen molar-refractivity contribution in [2.45, 2.75) is 26.2 Å². The smallest absolute Gasteiger partial charge is 1.00 e. The number of aromatic nitrogens is 2. The van der Waals surface area contributed by atoms with Gasteiger partial charge in [-0.1, -0.05) is 45.1 Å². The molecule has 0 amide bonds. The quantitative estimate of drug-likeness (QED) is 0.371. The molecule has 1 aromatic heterocycles. The molecule has 0 unspecified atom stereocenters. The van der Waals surface area contributed by atoms with Crippen molar-refractivity contribution >= 4 is 27.9 Å². The maximum Gasteiger partial charge on any atom is 1.00 e. The Morgan fingerprint density at radius 3 is 2.24 bits per heavy atom. The van der Waals surface area contributed by atoms with Gasteiger partial charge in [0, 0.05) is 29.1 Å². The number of ether oxygens (including phenoxy) is 1. The second-order valence-corrected chi connectivity index (χ2v) is 10.4. The molecule has 0 aliphatic heterocycles. The molecule has 10 heteroatoms.